The van der Waals surface area contributed by atoms with E-state index < -0.39 is 10.1 Å². The van der Waals surface area contributed by atoms with Crippen LogP contribution < -0.4 is 0 Å². The summed E-state index contributed by atoms with van der Waals surface area (Å²) in [5.41, 5.74) is 0. The highest BCUT2D eigenvalue weighted by Gasteiger charge is 2.07. The fourth-order valence-corrected chi connectivity index (χ4v) is 0.944. The van der Waals surface area contributed by atoms with Crippen LogP contribution in [0.5, 0.6) is 0 Å². The number of rotatable bonds is 1. The van der Waals surface area contributed by atoms with Gasteiger partial charge in [0.05, 0.1) is 0 Å². The van der Waals surface area contributed by atoms with Gasteiger partial charge >= 0.3 is 10.1 Å². The Kier molecular flexibility index (Phi) is 3.22. The molecule has 0 spiro atoms. The maximum absolute atomic E-state index is 10.3. The van der Waals surface area contributed by atoms with Gasteiger partial charge in [0.15, 0.2) is 5.03 Å². The standard InChI is InChI=1S/C5H5NO3S.B/c7-10(8,9)5-3-1-2-4-6-5;/h1-4H,(H,7,8,9);. The lowest BCUT2D eigenvalue weighted by molar-refractivity contribution is 0.479. The van der Waals surface area contributed by atoms with Gasteiger partial charge in [-0.05, 0) is 12.1 Å². The molecule has 0 aromatic carbocycles. The third-order valence-corrected chi connectivity index (χ3v) is 1.67. The van der Waals surface area contributed by atoms with Gasteiger partial charge in [-0.15, -0.1) is 0 Å². The highest BCUT2D eigenvalue weighted by atomic mass is 32.2. The molecule has 1 N–H and O–H groups in total. The Balaban J connectivity index is 0.000001000. The molecular weight excluding hydrogens is 165 g/mol. The lowest BCUT2D eigenvalue weighted by Crippen LogP contribution is -1.99. The molecule has 0 saturated heterocycles. The lowest BCUT2D eigenvalue weighted by Gasteiger charge is -1.91. The van der Waals surface area contributed by atoms with E-state index in [0.29, 0.717) is 0 Å². The van der Waals surface area contributed by atoms with Gasteiger partial charge in [0.2, 0.25) is 0 Å². The molecule has 1 aromatic rings. The molecule has 0 bridgehead atoms. The molecule has 11 heavy (non-hydrogen) atoms. The zero-order valence-electron chi connectivity index (χ0n) is 5.51. The first-order valence-electron chi connectivity index (χ1n) is 2.49. The summed E-state index contributed by atoms with van der Waals surface area (Å²) >= 11 is 0. The maximum Gasteiger partial charge on any atom is 0.312 e. The highest BCUT2D eigenvalue weighted by molar-refractivity contribution is 7.85. The minimum absolute atomic E-state index is 0. The van der Waals surface area contributed by atoms with Gasteiger partial charge in [-0.1, -0.05) is 6.07 Å². The van der Waals surface area contributed by atoms with Gasteiger partial charge in [0.1, 0.15) is 0 Å². The Labute approximate surface area is 66.6 Å². The average molecular weight is 170 g/mol. The van der Waals surface area contributed by atoms with Crippen LogP contribution in [0.15, 0.2) is 29.4 Å². The van der Waals surface area contributed by atoms with Crippen LogP contribution in [-0.2, 0) is 10.1 Å². The minimum Gasteiger partial charge on any atom is -0.281 e. The fraction of sp³-hybridized carbons (Fsp3) is 0. The van der Waals surface area contributed by atoms with Gasteiger partial charge in [-0.2, -0.15) is 8.42 Å². The Morgan fingerprint density at radius 2 is 2.00 bits per heavy atom. The summed E-state index contributed by atoms with van der Waals surface area (Å²) in [6.45, 7) is 0. The molecule has 0 unspecified atom stereocenters. The monoisotopic (exact) mass is 170 g/mol. The molecule has 4 nitrogen and oxygen atoms in total. The van der Waals surface area contributed by atoms with Crippen LogP contribution in [-0.4, -0.2) is 26.4 Å². The Morgan fingerprint density at radius 3 is 2.27 bits per heavy atom. The average Bonchev–Trinajstić information content (AvgIpc) is 1.88. The zero-order valence-corrected chi connectivity index (χ0v) is 6.32. The number of nitrogens with zero attached hydrogens (tertiary/aromatic N) is 1. The van der Waals surface area contributed by atoms with E-state index in [1.54, 1.807) is 6.07 Å². The second-order valence-corrected chi connectivity index (χ2v) is 3.01. The van der Waals surface area contributed by atoms with Crippen molar-refractivity contribution in [2.45, 2.75) is 5.03 Å². The Hall–Kier alpha value is -0.875. The number of aromatic nitrogens is 1. The van der Waals surface area contributed by atoms with Crippen molar-refractivity contribution in [3.8, 4) is 0 Å². The summed E-state index contributed by atoms with van der Waals surface area (Å²) < 4.78 is 29.1. The summed E-state index contributed by atoms with van der Waals surface area (Å²) in [5.74, 6) is 0. The minimum atomic E-state index is -4.11. The molecule has 0 aliphatic carbocycles. The molecular formula is C5H5BNO3S. The first-order valence-corrected chi connectivity index (χ1v) is 3.93. The molecule has 0 aliphatic rings. The first-order chi connectivity index (χ1) is 4.61. The molecule has 0 atom stereocenters. The zero-order chi connectivity index (χ0) is 7.61. The topological polar surface area (TPSA) is 67.3 Å². The van der Waals surface area contributed by atoms with E-state index in [4.69, 9.17) is 4.55 Å². The summed E-state index contributed by atoms with van der Waals surface area (Å²) in [7, 11) is -4.11. The molecule has 0 saturated carbocycles. The van der Waals surface area contributed by atoms with E-state index in [-0.39, 0.29) is 13.4 Å². The molecule has 1 rings (SSSR count). The number of hydrogen-bond donors (Lipinski definition) is 1. The fourth-order valence-electron chi connectivity index (χ4n) is 0.500. The van der Waals surface area contributed by atoms with Crippen LogP contribution in [0, 0.1) is 0 Å². The molecule has 57 valence electrons. The largest absolute Gasteiger partial charge is 0.312 e. The van der Waals surface area contributed by atoms with Gasteiger partial charge in [-0.25, -0.2) is 4.98 Å². The molecule has 1 heterocycles. The number of hydrogen-bond acceptors (Lipinski definition) is 3. The van der Waals surface area contributed by atoms with Crippen molar-refractivity contribution in [3.63, 3.8) is 0 Å². The summed E-state index contributed by atoms with van der Waals surface area (Å²) in [6.07, 6.45) is 1.29. The summed E-state index contributed by atoms with van der Waals surface area (Å²) in [4.78, 5) is 3.41. The first kappa shape index (κ1) is 10.1. The molecule has 0 amide bonds. The van der Waals surface area contributed by atoms with Gasteiger partial charge in [0, 0.05) is 14.6 Å². The van der Waals surface area contributed by atoms with Crippen molar-refractivity contribution in [2.75, 3.05) is 0 Å². The quantitative estimate of drug-likeness (QED) is 0.473. The van der Waals surface area contributed by atoms with E-state index in [2.05, 4.69) is 4.98 Å². The van der Waals surface area contributed by atoms with Crippen molar-refractivity contribution in [2.24, 2.45) is 0 Å². The van der Waals surface area contributed by atoms with Crippen LogP contribution in [0.1, 0.15) is 0 Å². The Morgan fingerprint density at radius 1 is 1.36 bits per heavy atom. The second-order valence-electron chi connectivity index (χ2n) is 1.64. The van der Waals surface area contributed by atoms with Gasteiger partial charge < -0.3 is 0 Å². The van der Waals surface area contributed by atoms with Crippen LogP contribution in [0.25, 0.3) is 0 Å². The Bertz CT molecular complexity index is 310. The van der Waals surface area contributed by atoms with E-state index in [0.717, 1.165) is 0 Å². The van der Waals surface area contributed by atoms with Crippen molar-refractivity contribution >= 4 is 18.5 Å². The molecule has 0 fully saturated rings. The predicted octanol–water partition coefficient (Wildman–Crippen LogP) is -0.0525. The highest BCUT2D eigenvalue weighted by Crippen LogP contribution is 2.00. The van der Waals surface area contributed by atoms with E-state index >= 15 is 0 Å². The third kappa shape index (κ3) is 2.69. The van der Waals surface area contributed by atoms with Crippen molar-refractivity contribution < 1.29 is 13.0 Å². The van der Waals surface area contributed by atoms with E-state index in [1.165, 1.54) is 18.3 Å². The van der Waals surface area contributed by atoms with E-state index in [1.807, 2.05) is 0 Å². The third-order valence-electron chi connectivity index (χ3n) is 0.902. The van der Waals surface area contributed by atoms with Crippen LogP contribution >= 0.6 is 0 Å². The lowest BCUT2D eigenvalue weighted by atomic mass is 10.5. The molecule has 1 aromatic heterocycles. The summed E-state index contributed by atoms with van der Waals surface area (Å²) in [6, 6.07) is 4.26. The maximum atomic E-state index is 10.3. The second kappa shape index (κ2) is 3.50. The van der Waals surface area contributed by atoms with Crippen LogP contribution in [0.2, 0.25) is 0 Å². The smallest absolute Gasteiger partial charge is 0.281 e. The normalized spacial score (nSPS) is 10.3. The van der Waals surface area contributed by atoms with Crippen LogP contribution in [0.4, 0.5) is 0 Å². The number of pyridine rings is 1. The van der Waals surface area contributed by atoms with E-state index in [9.17, 15) is 8.42 Å². The van der Waals surface area contributed by atoms with Gasteiger partial charge in [-0.3, -0.25) is 4.55 Å². The van der Waals surface area contributed by atoms with Crippen molar-refractivity contribution in [3.05, 3.63) is 24.4 Å². The van der Waals surface area contributed by atoms with Crippen molar-refractivity contribution in [1.29, 1.82) is 0 Å². The summed E-state index contributed by atoms with van der Waals surface area (Å²) in [5, 5.41) is -0.324. The predicted molar refractivity (Wildman–Crippen MR) is 39.8 cm³/mol. The van der Waals surface area contributed by atoms with Gasteiger partial charge in [0.25, 0.3) is 0 Å². The molecule has 6 heteroatoms. The van der Waals surface area contributed by atoms with Crippen LogP contribution in [0.3, 0.4) is 0 Å². The molecule has 3 radical (unpaired) electrons. The SMILES string of the molecule is O=S(=O)(O)c1ccccn1.[B]. The van der Waals surface area contributed by atoms with Crippen molar-refractivity contribution in [1.82, 2.24) is 4.98 Å². The molecule has 0 aliphatic heterocycles.